The lowest BCUT2D eigenvalue weighted by atomic mass is 10.0. The molecule has 0 amide bonds. The Labute approximate surface area is 307 Å². The number of pyridine rings is 1. The van der Waals surface area contributed by atoms with Crippen LogP contribution in [0.15, 0.2) is 128 Å². The van der Waals surface area contributed by atoms with Gasteiger partial charge in [-0.25, -0.2) is 24.0 Å². The number of anilines is 6. The number of aromatic nitrogens is 7. The fourth-order valence-corrected chi connectivity index (χ4v) is 5.76. The molecule has 4 N–H and O–H groups in total. The molecule has 5 aromatic heterocycles. The van der Waals surface area contributed by atoms with E-state index < -0.39 is 0 Å². The van der Waals surface area contributed by atoms with Gasteiger partial charge in [-0.05, 0) is 77.2 Å². The van der Waals surface area contributed by atoms with Crippen LogP contribution in [0.3, 0.4) is 0 Å². The van der Waals surface area contributed by atoms with Crippen LogP contribution in [0.25, 0.3) is 33.5 Å². The molecule has 0 fully saturated rings. The molecule has 0 saturated heterocycles. The van der Waals surface area contributed by atoms with Crippen LogP contribution in [-0.2, 0) is 0 Å². The smallest absolute Gasteiger partial charge is 0.213 e. The van der Waals surface area contributed by atoms with E-state index >= 15 is 0 Å². The molecule has 0 saturated carbocycles. The fourth-order valence-electron chi connectivity index (χ4n) is 5.76. The van der Waals surface area contributed by atoms with E-state index in [2.05, 4.69) is 98.1 Å². The van der Waals surface area contributed by atoms with Crippen molar-refractivity contribution in [2.24, 2.45) is 0 Å². The van der Waals surface area contributed by atoms with Gasteiger partial charge in [0.25, 0.3) is 0 Å². The molecule has 8 rings (SSSR count). The number of nitrogens with one attached hydrogen (secondary N) is 2. The summed E-state index contributed by atoms with van der Waals surface area (Å²) in [6.07, 6.45) is 9.15. The molecule has 0 aliphatic carbocycles. The first-order valence-corrected chi connectivity index (χ1v) is 17.2. The van der Waals surface area contributed by atoms with Gasteiger partial charge >= 0.3 is 0 Å². The number of ether oxygens (including phenoxy) is 1. The van der Waals surface area contributed by atoms with Gasteiger partial charge in [-0.15, -0.1) is 0 Å². The first-order chi connectivity index (χ1) is 25.7. The highest BCUT2D eigenvalue weighted by molar-refractivity contribution is 5.81. The molecule has 0 bridgehead atoms. The number of methoxy groups -OCH3 is 1. The van der Waals surface area contributed by atoms with E-state index in [-0.39, 0.29) is 0 Å². The number of rotatable bonds is 9. The lowest BCUT2D eigenvalue weighted by molar-refractivity contribution is 0.398. The van der Waals surface area contributed by atoms with Gasteiger partial charge in [0.2, 0.25) is 5.88 Å². The predicted molar refractivity (Wildman–Crippen MR) is 213 cm³/mol. The van der Waals surface area contributed by atoms with Gasteiger partial charge in [0.05, 0.1) is 31.4 Å². The average Bonchev–Trinajstić information content (AvgIpc) is 3.80. The maximum atomic E-state index is 5.89. The summed E-state index contributed by atoms with van der Waals surface area (Å²) in [4.78, 5) is 15.8. The van der Waals surface area contributed by atoms with Crippen molar-refractivity contribution in [2.75, 3.05) is 42.5 Å². The third kappa shape index (κ3) is 7.86. The Kier molecular flexibility index (Phi) is 9.84. The maximum absolute atomic E-state index is 5.89. The van der Waals surface area contributed by atoms with Gasteiger partial charge in [0.15, 0.2) is 11.3 Å². The van der Waals surface area contributed by atoms with Gasteiger partial charge in [0.1, 0.15) is 11.6 Å². The zero-order valence-electron chi connectivity index (χ0n) is 30.3. The molecule has 8 aromatic rings. The number of nitrogen functional groups attached to an aromatic ring is 1. The molecule has 266 valence electrons. The van der Waals surface area contributed by atoms with Gasteiger partial charge < -0.3 is 26.0 Å². The van der Waals surface area contributed by atoms with Crippen molar-refractivity contribution in [1.29, 1.82) is 0 Å². The van der Waals surface area contributed by atoms with Crippen LogP contribution in [-0.4, -0.2) is 55.4 Å². The molecule has 5 heterocycles. The molecule has 0 aliphatic heterocycles. The first kappa shape index (κ1) is 34.5. The van der Waals surface area contributed by atoms with E-state index in [9.17, 15) is 0 Å². The molecule has 0 unspecified atom stereocenters. The zero-order chi connectivity index (χ0) is 36.9. The third-order valence-corrected chi connectivity index (χ3v) is 8.68. The Balaban J connectivity index is 0.000000165. The molecule has 0 aliphatic rings. The summed E-state index contributed by atoms with van der Waals surface area (Å²) in [5.41, 5.74) is 16.5. The molecule has 12 heteroatoms. The number of benzene rings is 3. The minimum atomic E-state index is 0.524. The number of hydrogen-bond donors (Lipinski definition) is 3. The van der Waals surface area contributed by atoms with Crippen LogP contribution in [0, 0.1) is 0 Å². The van der Waals surface area contributed by atoms with Crippen molar-refractivity contribution in [2.45, 2.75) is 19.8 Å². The lowest BCUT2D eigenvalue weighted by Crippen LogP contribution is -2.08. The zero-order valence-corrected chi connectivity index (χ0v) is 30.3. The minimum absolute atomic E-state index is 0.524. The van der Waals surface area contributed by atoms with Gasteiger partial charge in [0, 0.05) is 60.7 Å². The monoisotopic (exact) mass is 703 g/mol. The van der Waals surface area contributed by atoms with Crippen molar-refractivity contribution < 1.29 is 4.74 Å². The SMILES string of the molecule is CC(C)c1ccc(Nc2ccn3ncc(-c4cccc(N(C)C)c4)c3n2)cc1.COc1ccc(Nc2ccn3ncc(-c4cccc(N)c4)c3n2)cn1. The number of hydrogen-bond acceptors (Lipinski definition) is 10. The van der Waals surface area contributed by atoms with Gasteiger partial charge in [-0.3, -0.25) is 0 Å². The highest BCUT2D eigenvalue weighted by Crippen LogP contribution is 2.29. The predicted octanol–water partition coefficient (Wildman–Crippen LogP) is 8.46. The van der Waals surface area contributed by atoms with Crippen LogP contribution in [0.1, 0.15) is 25.3 Å². The summed E-state index contributed by atoms with van der Waals surface area (Å²) in [6, 6.07) is 32.0. The molecule has 53 heavy (non-hydrogen) atoms. The Morgan fingerprint density at radius 1 is 0.679 bits per heavy atom. The molecule has 12 nitrogen and oxygen atoms in total. The maximum Gasteiger partial charge on any atom is 0.213 e. The fraction of sp³-hybridized carbons (Fsp3) is 0.146. The second-order valence-corrected chi connectivity index (χ2v) is 13.0. The molecule has 0 atom stereocenters. The lowest BCUT2D eigenvalue weighted by Gasteiger charge is -2.13. The Bertz CT molecular complexity index is 2470. The van der Waals surface area contributed by atoms with Crippen LogP contribution in [0.2, 0.25) is 0 Å². The topological polar surface area (TPSA) is 136 Å². The number of nitrogens with two attached hydrogens (primary N) is 1. The Morgan fingerprint density at radius 3 is 1.81 bits per heavy atom. The number of fused-ring (bicyclic) bond motifs is 2. The average molecular weight is 704 g/mol. The summed E-state index contributed by atoms with van der Waals surface area (Å²) in [7, 11) is 5.67. The first-order valence-electron chi connectivity index (χ1n) is 17.2. The molecule has 0 radical (unpaired) electrons. The molecule has 3 aromatic carbocycles. The van der Waals surface area contributed by atoms with Crippen LogP contribution < -0.4 is 26.0 Å². The second kappa shape index (κ2) is 15.1. The largest absolute Gasteiger partial charge is 0.481 e. The standard InChI is InChI=1S/C23H25N5.C18H16N6O/c1-16(2)17-8-10-19(11-9-17)25-22-12-13-28-23(26-22)21(15-24-28)18-6-5-7-20(14-18)27(3)4;1-25-17-6-5-14(10-20-17)22-16-7-8-24-18(23-16)15(11-21-24)12-3-2-4-13(19)9-12/h5-16H,1-4H3,(H,25,26);2-11H,19H2,1H3,(H,22,23). The quantitative estimate of drug-likeness (QED) is 0.126. The minimum Gasteiger partial charge on any atom is -0.481 e. The summed E-state index contributed by atoms with van der Waals surface area (Å²) < 4.78 is 8.61. The summed E-state index contributed by atoms with van der Waals surface area (Å²) >= 11 is 0. The second-order valence-electron chi connectivity index (χ2n) is 13.0. The van der Waals surface area contributed by atoms with E-state index in [1.807, 2.05) is 79.7 Å². The molecular weight excluding hydrogens is 663 g/mol. The number of nitrogens with zero attached hydrogens (tertiary/aromatic N) is 8. The van der Waals surface area contributed by atoms with Gasteiger partial charge in [-0.2, -0.15) is 10.2 Å². The summed E-state index contributed by atoms with van der Waals surface area (Å²) in [6.45, 7) is 4.40. The van der Waals surface area contributed by atoms with Gasteiger partial charge in [-0.1, -0.05) is 50.2 Å². The Morgan fingerprint density at radius 2 is 1.26 bits per heavy atom. The highest BCUT2D eigenvalue weighted by Gasteiger charge is 2.12. The van der Waals surface area contributed by atoms with Crippen molar-refractivity contribution >= 4 is 45.7 Å². The van der Waals surface area contributed by atoms with Crippen molar-refractivity contribution in [1.82, 2.24) is 34.2 Å². The Hall–Kier alpha value is -6.95. The van der Waals surface area contributed by atoms with E-state index in [0.29, 0.717) is 23.3 Å². The van der Waals surface area contributed by atoms with Crippen molar-refractivity contribution in [3.63, 3.8) is 0 Å². The molecular formula is C41H41N11O. The third-order valence-electron chi connectivity index (χ3n) is 8.68. The van der Waals surface area contributed by atoms with E-state index in [0.717, 1.165) is 56.4 Å². The van der Waals surface area contributed by atoms with Crippen molar-refractivity contribution in [3.8, 4) is 28.1 Å². The van der Waals surface area contributed by atoms with E-state index in [4.69, 9.17) is 15.5 Å². The van der Waals surface area contributed by atoms with Crippen molar-refractivity contribution in [3.05, 3.63) is 134 Å². The summed E-state index contributed by atoms with van der Waals surface area (Å²) in [5, 5.41) is 15.4. The normalized spacial score (nSPS) is 11.0. The van der Waals surface area contributed by atoms with E-state index in [1.165, 1.54) is 5.56 Å². The van der Waals surface area contributed by atoms with Crippen LogP contribution in [0.5, 0.6) is 5.88 Å². The van der Waals surface area contributed by atoms with E-state index in [1.54, 1.807) is 30.1 Å². The van der Waals surface area contributed by atoms with Crippen LogP contribution >= 0.6 is 0 Å². The molecule has 0 spiro atoms. The summed E-state index contributed by atoms with van der Waals surface area (Å²) in [5.74, 6) is 2.59. The highest BCUT2D eigenvalue weighted by atomic mass is 16.5. The van der Waals surface area contributed by atoms with Crippen LogP contribution in [0.4, 0.5) is 34.4 Å².